The van der Waals surface area contributed by atoms with E-state index in [1.165, 1.54) is 4.90 Å². The molecule has 3 amide bonds. The van der Waals surface area contributed by atoms with Gasteiger partial charge < -0.3 is 19.9 Å². The van der Waals surface area contributed by atoms with Crippen molar-refractivity contribution < 1.29 is 19.1 Å². The van der Waals surface area contributed by atoms with Gasteiger partial charge >= 0.3 is 6.09 Å². The van der Waals surface area contributed by atoms with Crippen LogP contribution in [0.1, 0.15) is 12.0 Å². The largest absolute Gasteiger partial charge is 0.445 e. The van der Waals surface area contributed by atoms with Gasteiger partial charge in [-0.3, -0.25) is 9.59 Å². The predicted octanol–water partition coefficient (Wildman–Crippen LogP) is 1.09. The van der Waals surface area contributed by atoms with Crippen molar-refractivity contribution in [2.24, 2.45) is 0 Å². The first-order chi connectivity index (χ1) is 12.6. The summed E-state index contributed by atoms with van der Waals surface area (Å²) in [5, 5.41) is 2.80. The van der Waals surface area contributed by atoms with Gasteiger partial charge in [-0.1, -0.05) is 30.3 Å². The Morgan fingerprint density at radius 2 is 2.04 bits per heavy atom. The van der Waals surface area contributed by atoms with Crippen molar-refractivity contribution in [3.63, 3.8) is 0 Å². The summed E-state index contributed by atoms with van der Waals surface area (Å²) >= 11 is 1.64. The molecule has 0 unspecified atom stereocenters. The van der Waals surface area contributed by atoms with Crippen LogP contribution in [0.3, 0.4) is 0 Å². The third kappa shape index (κ3) is 4.12. The lowest BCUT2D eigenvalue weighted by atomic mass is 10.0. The average molecular weight is 377 g/mol. The highest BCUT2D eigenvalue weighted by atomic mass is 32.2. The van der Waals surface area contributed by atoms with E-state index in [0.29, 0.717) is 19.5 Å². The summed E-state index contributed by atoms with van der Waals surface area (Å²) in [6, 6.07) is 8.34. The Kier molecular flexibility index (Phi) is 6.03. The zero-order valence-corrected chi connectivity index (χ0v) is 15.5. The molecule has 0 radical (unpaired) electrons. The summed E-state index contributed by atoms with van der Waals surface area (Å²) in [6.45, 7) is 1.08. The highest BCUT2D eigenvalue weighted by molar-refractivity contribution is 7.98. The van der Waals surface area contributed by atoms with E-state index in [1.807, 2.05) is 36.6 Å². The molecule has 1 aromatic carbocycles. The van der Waals surface area contributed by atoms with Crippen molar-refractivity contribution >= 4 is 29.7 Å². The van der Waals surface area contributed by atoms with Crippen LogP contribution in [0.25, 0.3) is 0 Å². The molecule has 1 N–H and O–H groups in total. The first kappa shape index (κ1) is 18.6. The highest BCUT2D eigenvalue weighted by Crippen LogP contribution is 2.19. The minimum absolute atomic E-state index is 0.0547. The molecule has 140 valence electrons. The monoisotopic (exact) mass is 377 g/mol. The minimum Gasteiger partial charge on any atom is -0.445 e. The molecule has 2 saturated heterocycles. The zero-order valence-electron chi connectivity index (χ0n) is 14.7. The SMILES string of the molecule is CSCC[C@@H]1NC(=O)[C@@H]2CN(C(=O)OCc3ccccc3)CCN2C1=O. The van der Waals surface area contributed by atoms with Crippen LogP contribution < -0.4 is 5.32 Å². The molecule has 0 aromatic heterocycles. The van der Waals surface area contributed by atoms with Crippen molar-refractivity contribution in [1.29, 1.82) is 0 Å². The number of amides is 3. The Labute approximate surface area is 157 Å². The molecule has 26 heavy (non-hydrogen) atoms. The quantitative estimate of drug-likeness (QED) is 0.831. The van der Waals surface area contributed by atoms with Gasteiger partial charge in [-0.25, -0.2) is 4.79 Å². The number of piperazine rings is 2. The molecule has 7 nitrogen and oxygen atoms in total. The van der Waals surface area contributed by atoms with Crippen molar-refractivity contribution in [1.82, 2.24) is 15.1 Å². The van der Waals surface area contributed by atoms with Gasteiger partial charge in [0, 0.05) is 13.1 Å². The van der Waals surface area contributed by atoms with E-state index < -0.39 is 18.2 Å². The molecule has 2 aliphatic heterocycles. The van der Waals surface area contributed by atoms with Crippen LogP contribution in [0.15, 0.2) is 30.3 Å². The standard InChI is InChI=1S/C18H23N3O4S/c1-26-10-7-14-17(23)21-9-8-20(11-15(21)16(22)19-14)18(24)25-12-13-5-3-2-4-6-13/h2-6,14-15H,7-12H2,1H3,(H,19,22)/t14-,15-/m0/s1. The second kappa shape index (κ2) is 8.44. The van der Waals surface area contributed by atoms with Crippen LogP contribution >= 0.6 is 11.8 Å². The number of ether oxygens (including phenoxy) is 1. The summed E-state index contributed by atoms with van der Waals surface area (Å²) in [5.74, 6) is 0.560. The number of hydrogen-bond donors (Lipinski definition) is 1. The molecule has 8 heteroatoms. The number of benzene rings is 1. The lowest BCUT2D eigenvalue weighted by molar-refractivity contribution is -0.152. The van der Waals surface area contributed by atoms with E-state index in [4.69, 9.17) is 4.74 Å². The lowest BCUT2D eigenvalue weighted by Crippen LogP contribution is -2.69. The molecular formula is C18H23N3O4S. The van der Waals surface area contributed by atoms with Crippen molar-refractivity contribution in [2.45, 2.75) is 25.1 Å². The first-order valence-corrected chi connectivity index (χ1v) is 10.0. The highest BCUT2D eigenvalue weighted by Gasteiger charge is 2.44. The molecule has 0 aliphatic carbocycles. The lowest BCUT2D eigenvalue weighted by Gasteiger charge is -2.44. The third-order valence-corrected chi connectivity index (χ3v) is 5.30. The number of nitrogens with one attached hydrogen (secondary N) is 1. The molecular weight excluding hydrogens is 354 g/mol. The maximum absolute atomic E-state index is 12.6. The summed E-state index contributed by atoms with van der Waals surface area (Å²) in [6.07, 6.45) is 2.13. The fraction of sp³-hybridized carbons (Fsp3) is 0.500. The third-order valence-electron chi connectivity index (χ3n) is 4.65. The van der Waals surface area contributed by atoms with Crippen molar-refractivity contribution in [3.05, 3.63) is 35.9 Å². The Balaban J connectivity index is 1.56. The Hall–Kier alpha value is -2.22. The van der Waals surface area contributed by atoms with Crippen LogP contribution in [-0.2, 0) is 20.9 Å². The number of carbonyl (C=O) groups excluding carboxylic acids is 3. The predicted molar refractivity (Wildman–Crippen MR) is 98.6 cm³/mol. The fourth-order valence-corrected chi connectivity index (χ4v) is 3.68. The van der Waals surface area contributed by atoms with Gasteiger partial charge in [0.25, 0.3) is 0 Å². The van der Waals surface area contributed by atoms with Gasteiger partial charge in [-0.05, 0) is 24.0 Å². The second-order valence-corrected chi connectivity index (χ2v) is 7.36. The van der Waals surface area contributed by atoms with Gasteiger partial charge in [-0.15, -0.1) is 0 Å². The molecule has 2 atom stereocenters. The van der Waals surface area contributed by atoms with Gasteiger partial charge in [0.15, 0.2) is 0 Å². The normalized spacial score (nSPS) is 22.7. The van der Waals surface area contributed by atoms with E-state index in [1.54, 1.807) is 16.7 Å². The summed E-state index contributed by atoms with van der Waals surface area (Å²) in [7, 11) is 0. The van der Waals surface area contributed by atoms with Crippen LogP contribution in [-0.4, -0.2) is 71.4 Å². The summed E-state index contributed by atoms with van der Waals surface area (Å²) in [5.41, 5.74) is 0.904. The molecule has 0 saturated carbocycles. The van der Waals surface area contributed by atoms with Gasteiger partial charge in [0.1, 0.15) is 18.7 Å². The van der Waals surface area contributed by atoms with Crippen LogP contribution in [0.2, 0.25) is 0 Å². The topological polar surface area (TPSA) is 79.0 Å². The second-order valence-electron chi connectivity index (χ2n) is 6.38. The fourth-order valence-electron chi connectivity index (χ4n) is 3.21. The van der Waals surface area contributed by atoms with Crippen LogP contribution in [0.5, 0.6) is 0 Å². The first-order valence-electron chi connectivity index (χ1n) is 8.65. The Morgan fingerprint density at radius 1 is 1.27 bits per heavy atom. The average Bonchev–Trinajstić information content (AvgIpc) is 2.68. The Morgan fingerprint density at radius 3 is 2.77 bits per heavy atom. The molecule has 2 fully saturated rings. The number of carbonyl (C=O) groups is 3. The smallest absolute Gasteiger partial charge is 0.410 e. The maximum Gasteiger partial charge on any atom is 0.410 e. The summed E-state index contributed by atoms with van der Waals surface area (Å²) in [4.78, 5) is 40.4. The molecule has 2 aliphatic rings. The summed E-state index contributed by atoms with van der Waals surface area (Å²) < 4.78 is 5.33. The van der Waals surface area contributed by atoms with Gasteiger partial charge in [0.05, 0.1) is 6.54 Å². The number of fused-ring (bicyclic) bond motifs is 1. The van der Waals surface area contributed by atoms with E-state index in [0.717, 1.165) is 11.3 Å². The van der Waals surface area contributed by atoms with Gasteiger partial charge in [0.2, 0.25) is 11.8 Å². The molecule has 0 bridgehead atoms. The number of nitrogens with zero attached hydrogens (tertiary/aromatic N) is 2. The van der Waals surface area contributed by atoms with Crippen LogP contribution in [0, 0.1) is 0 Å². The molecule has 2 heterocycles. The number of hydrogen-bond acceptors (Lipinski definition) is 5. The maximum atomic E-state index is 12.6. The zero-order chi connectivity index (χ0) is 18.5. The van der Waals surface area contributed by atoms with Crippen molar-refractivity contribution in [2.75, 3.05) is 31.6 Å². The molecule has 0 spiro atoms. The number of rotatable bonds is 5. The minimum atomic E-state index is -0.633. The van der Waals surface area contributed by atoms with E-state index >= 15 is 0 Å². The number of thioether (sulfide) groups is 1. The Bertz CT molecular complexity index is 670. The molecule has 1 aromatic rings. The van der Waals surface area contributed by atoms with E-state index in [9.17, 15) is 14.4 Å². The van der Waals surface area contributed by atoms with E-state index in [2.05, 4.69) is 5.32 Å². The van der Waals surface area contributed by atoms with Crippen LogP contribution in [0.4, 0.5) is 4.79 Å². The van der Waals surface area contributed by atoms with Crippen molar-refractivity contribution in [3.8, 4) is 0 Å². The molecule has 3 rings (SSSR count). The van der Waals surface area contributed by atoms with Gasteiger partial charge in [-0.2, -0.15) is 11.8 Å². The van der Waals surface area contributed by atoms with E-state index in [-0.39, 0.29) is 25.0 Å².